The van der Waals surface area contributed by atoms with Gasteiger partial charge >= 0.3 is 12.5 Å². The van der Waals surface area contributed by atoms with Crippen LogP contribution in [-0.2, 0) is 17.7 Å². The number of alkyl halides is 3. The zero-order valence-corrected chi connectivity index (χ0v) is 17.7. The van der Waals surface area contributed by atoms with Gasteiger partial charge in [-0.3, -0.25) is 4.79 Å². The van der Waals surface area contributed by atoms with Crippen molar-refractivity contribution in [1.82, 2.24) is 4.90 Å². The number of nitrogens with one attached hydrogen (secondary N) is 1. The first-order chi connectivity index (χ1) is 14.3. The summed E-state index contributed by atoms with van der Waals surface area (Å²) < 4.78 is 59.9. The van der Waals surface area contributed by atoms with E-state index < -0.39 is 35.5 Å². The monoisotopic (exact) mass is 460 g/mol. The highest BCUT2D eigenvalue weighted by Gasteiger charge is 2.32. The molecule has 0 saturated carbocycles. The lowest BCUT2D eigenvalue weighted by Gasteiger charge is -2.30. The Balaban J connectivity index is 1.72. The van der Waals surface area contributed by atoms with Gasteiger partial charge in [0.1, 0.15) is 17.2 Å². The Kier molecular flexibility index (Phi) is 6.17. The van der Waals surface area contributed by atoms with E-state index >= 15 is 0 Å². The number of carbonyl (C=O) groups excluding carboxylic acids is 2. The van der Waals surface area contributed by atoms with Crippen LogP contribution in [0.3, 0.4) is 0 Å². The summed E-state index contributed by atoms with van der Waals surface area (Å²) in [5, 5.41) is 4.00. The maximum Gasteiger partial charge on any atom is 0.573 e. The largest absolute Gasteiger partial charge is 0.573 e. The summed E-state index contributed by atoms with van der Waals surface area (Å²) in [4.78, 5) is 27.3. The minimum Gasteiger partial charge on any atom is -0.444 e. The van der Waals surface area contributed by atoms with E-state index in [1.807, 2.05) is 0 Å². The predicted octanol–water partition coefficient (Wildman–Crippen LogP) is 5.33. The highest BCUT2D eigenvalue weighted by atomic mass is 32.1. The van der Waals surface area contributed by atoms with Gasteiger partial charge in [-0.25, -0.2) is 9.18 Å². The number of benzene rings is 1. The summed E-state index contributed by atoms with van der Waals surface area (Å²) in [6.45, 7) is 5.94. The SMILES string of the molecule is CC(C)(C)OC(=O)N1CCc2c(C(=O)Nc3cc(F)cc(OC(F)(F)F)c3)csc2C1. The van der Waals surface area contributed by atoms with Crippen LogP contribution in [0.4, 0.5) is 28.0 Å². The highest BCUT2D eigenvalue weighted by molar-refractivity contribution is 7.10. The first-order valence-corrected chi connectivity index (χ1v) is 10.1. The quantitative estimate of drug-likeness (QED) is 0.629. The van der Waals surface area contributed by atoms with Crippen LogP contribution in [0.1, 0.15) is 41.6 Å². The molecule has 11 heteroatoms. The Morgan fingerprint density at radius 2 is 1.87 bits per heavy atom. The summed E-state index contributed by atoms with van der Waals surface area (Å²) in [5.41, 5.74) is 0.268. The molecule has 0 fully saturated rings. The average Bonchev–Trinajstić information content (AvgIpc) is 3.01. The van der Waals surface area contributed by atoms with Crippen LogP contribution in [0.25, 0.3) is 0 Å². The van der Waals surface area contributed by atoms with Crippen LogP contribution < -0.4 is 10.1 Å². The van der Waals surface area contributed by atoms with Gasteiger partial charge in [-0.2, -0.15) is 0 Å². The molecule has 6 nitrogen and oxygen atoms in total. The Labute approximate surface area is 179 Å². The summed E-state index contributed by atoms with van der Waals surface area (Å²) >= 11 is 1.29. The smallest absolute Gasteiger partial charge is 0.444 e. The summed E-state index contributed by atoms with van der Waals surface area (Å²) in [5.74, 6) is -2.35. The number of thiophene rings is 1. The fourth-order valence-corrected chi connectivity index (χ4v) is 4.12. The molecule has 0 spiro atoms. The number of halogens is 4. The van der Waals surface area contributed by atoms with Crippen LogP contribution in [0.5, 0.6) is 5.75 Å². The van der Waals surface area contributed by atoms with Crippen molar-refractivity contribution in [3.63, 3.8) is 0 Å². The van der Waals surface area contributed by atoms with Gasteiger partial charge < -0.3 is 19.7 Å². The highest BCUT2D eigenvalue weighted by Crippen LogP contribution is 2.31. The Bertz CT molecular complexity index is 998. The number of rotatable bonds is 3. The van der Waals surface area contributed by atoms with Crippen molar-refractivity contribution >= 4 is 29.0 Å². The van der Waals surface area contributed by atoms with Gasteiger partial charge in [-0.1, -0.05) is 0 Å². The molecule has 0 saturated heterocycles. The number of ether oxygens (including phenoxy) is 2. The molecular weight excluding hydrogens is 440 g/mol. The Hall–Kier alpha value is -2.82. The molecule has 1 aliphatic heterocycles. The van der Waals surface area contributed by atoms with Crippen molar-refractivity contribution in [2.75, 3.05) is 11.9 Å². The molecule has 0 atom stereocenters. The van der Waals surface area contributed by atoms with Gasteiger partial charge in [0, 0.05) is 34.6 Å². The van der Waals surface area contributed by atoms with Crippen LogP contribution in [0, 0.1) is 5.82 Å². The topological polar surface area (TPSA) is 67.9 Å². The van der Waals surface area contributed by atoms with Crippen LogP contribution in [0.2, 0.25) is 0 Å². The number of hydrogen-bond donors (Lipinski definition) is 1. The first-order valence-electron chi connectivity index (χ1n) is 9.25. The van der Waals surface area contributed by atoms with Crippen LogP contribution >= 0.6 is 11.3 Å². The fourth-order valence-electron chi connectivity index (χ4n) is 3.03. The van der Waals surface area contributed by atoms with E-state index in [0.717, 1.165) is 22.6 Å². The maximum absolute atomic E-state index is 13.7. The van der Waals surface area contributed by atoms with Crippen LogP contribution in [0.15, 0.2) is 23.6 Å². The molecule has 168 valence electrons. The molecule has 1 aromatic carbocycles. The third kappa shape index (κ3) is 6.09. The van der Waals surface area contributed by atoms with Crippen molar-refractivity contribution in [1.29, 1.82) is 0 Å². The standard InChI is InChI=1S/C20H20F4N2O4S/c1-19(2,3)30-18(28)26-5-4-14-15(10-31-16(14)9-26)17(27)25-12-6-11(21)7-13(8-12)29-20(22,23)24/h6-8,10H,4-5,9H2,1-3H3,(H,25,27). The number of fused-ring (bicyclic) bond motifs is 1. The van der Waals surface area contributed by atoms with E-state index in [0.29, 0.717) is 24.6 Å². The average molecular weight is 460 g/mol. The van der Waals surface area contributed by atoms with Gasteiger partial charge in [-0.15, -0.1) is 24.5 Å². The third-order valence-corrected chi connectivity index (χ3v) is 5.22. The second-order valence-corrected chi connectivity index (χ2v) is 8.84. The zero-order valence-electron chi connectivity index (χ0n) is 16.9. The normalized spacial score (nSPS) is 14.1. The lowest BCUT2D eigenvalue weighted by Crippen LogP contribution is -2.39. The molecule has 2 aromatic rings. The number of anilines is 1. The van der Waals surface area contributed by atoms with Crippen molar-refractivity contribution in [3.05, 3.63) is 45.4 Å². The number of nitrogens with zero attached hydrogens (tertiary/aromatic N) is 1. The van der Waals surface area contributed by atoms with Crippen LogP contribution in [-0.4, -0.2) is 35.4 Å². The third-order valence-electron chi connectivity index (χ3n) is 4.21. The second kappa shape index (κ2) is 8.37. The van der Waals surface area contributed by atoms with E-state index in [2.05, 4.69) is 10.1 Å². The molecule has 3 rings (SSSR count). The van der Waals surface area contributed by atoms with Crippen molar-refractivity contribution in [2.45, 2.75) is 45.7 Å². The molecule has 0 bridgehead atoms. The van der Waals surface area contributed by atoms with Crippen molar-refractivity contribution in [2.24, 2.45) is 0 Å². The first kappa shape index (κ1) is 22.9. The van der Waals surface area contributed by atoms with E-state index in [9.17, 15) is 27.2 Å². The molecular formula is C20H20F4N2O4S. The van der Waals surface area contributed by atoms with Gasteiger partial charge in [0.15, 0.2) is 0 Å². The minimum absolute atomic E-state index is 0.171. The molecule has 0 aliphatic carbocycles. The lowest BCUT2D eigenvalue weighted by molar-refractivity contribution is -0.274. The molecule has 0 radical (unpaired) electrons. The number of carbonyl (C=O) groups is 2. The van der Waals surface area contributed by atoms with Gasteiger partial charge in [-0.05, 0) is 38.8 Å². The van der Waals surface area contributed by atoms with Gasteiger partial charge in [0.05, 0.1) is 12.1 Å². The van der Waals surface area contributed by atoms with E-state index in [4.69, 9.17) is 4.74 Å². The van der Waals surface area contributed by atoms with E-state index in [-0.39, 0.29) is 12.2 Å². The maximum atomic E-state index is 13.7. The fraction of sp³-hybridized carbons (Fsp3) is 0.400. The van der Waals surface area contributed by atoms with Gasteiger partial charge in [0.2, 0.25) is 0 Å². The molecule has 2 heterocycles. The van der Waals surface area contributed by atoms with Crippen molar-refractivity contribution in [3.8, 4) is 5.75 Å². The Morgan fingerprint density at radius 1 is 1.16 bits per heavy atom. The minimum atomic E-state index is -4.98. The van der Waals surface area contributed by atoms with Crippen molar-refractivity contribution < 1.29 is 36.6 Å². The number of hydrogen-bond acceptors (Lipinski definition) is 5. The summed E-state index contributed by atoms with van der Waals surface area (Å²) in [6.07, 6.45) is -5.02. The van der Waals surface area contributed by atoms with E-state index in [1.165, 1.54) is 11.3 Å². The lowest BCUT2D eigenvalue weighted by atomic mass is 10.0. The van der Waals surface area contributed by atoms with Gasteiger partial charge in [0.25, 0.3) is 5.91 Å². The predicted molar refractivity (Wildman–Crippen MR) is 106 cm³/mol. The molecule has 31 heavy (non-hydrogen) atoms. The Morgan fingerprint density at radius 3 is 2.52 bits per heavy atom. The molecule has 1 N–H and O–H groups in total. The molecule has 2 amide bonds. The number of amides is 2. The molecule has 1 aromatic heterocycles. The summed E-state index contributed by atoms with van der Waals surface area (Å²) in [7, 11) is 0. The summed E-state index contributed by atoms with van der Waals surface area (Å²) in [6, 6.07) is 2.35. The molecule has 0 unspecified atom stereocenters. The molecule has 1 aliphatic rings. The van der Waals surface area contributed by atoms with E-state index in [1.54, 1.807) is 31.1 Å². The second-order valence-electron chi connectivity index (χ2n) is 7.88. The zero-order chi connectivity index (χ0) is 23.0.